The molecule has 1 heterocycles. The van der Waals surface area contributed by atoms with E-state index in [1.807, 2.05) is 12.1 Å². The number of halogens is 1. The first-order chi connectivity index (χ1) is 12.8. The molecule has 0 spiro atoms. The van der Waals surface area contributed by atoms with Gasteiger partial charge in [-0.1, -0.05) is 37.6 Å². The Morgan fingerprint density at radius 1 is 1.30 bits per heavy atom. The normalized spacial score (nSPS) is 25.5. The van der Waals surface area contributed by atoms with Gasteiger partial charge in [-0.05, 0) is 42.9 Å². The summed E-state index contributed by atoms with van der Waals surface area (Å²) in [6.45, 7) is 12.0. The number of carbonyl (C=O) groups is 1. The minimum Gasteiger partial charge on any atom is -0.379 e. The molecule has 1 amide bonds. The van der Waals surface area contributed by atoms with Gasteiger partial charge in [-0.3, -0.25) is 9.69 Å². The van der Waals surface area contributed by atoms with E-state index in [4.69, 9.17) is 4.74 Å². The Balaban J connectivity index is 1.68. The molecule has 5 heteroatoms. The second-order valence-corrected chi connectivity index (χ2v) is 8.53. The summed E-state index contributed by atoms with van der Waals surface area (Å²) in [6.07, 6.45) is 2.21. The molecule has 2 fully saturated rings. The van der Waals surface area contributed by atoms with Crippen LogP contribution in [0.4, 0.5) is 4.39 Å². The van der Waals surface area contributed by atoms with Crippen molar-refractivity contribution >= 4 is 5.91 Å². The van der Waals surface area contributed by atoms with Crippen molar-refractivity contribution in [3.8, 4) is 0 Å². The highest BCUT2D eigenvalue weighted by molar-refractivity contribution is 5.83. The fraction of sp³-hybridized carbons (Fsp3) is 0.591. The molecule has 1 aromatic rings. The minimum absolute atomic E-state index is 0.00564. The van der Waals surface area contributed by atoms with Crippen LogP contribution in [0.25, 0.3) is 0 Å². The summed E-state index contributed by atoms with van der Waals surface area (Å²) in [6, 6.07) is 6.63. The summed E-state index contributed by atoms with van der Waals surface area (Å²) in [7, 11) is 0. The highest BCUT2D eigenvalue weighted by Gasteiger charge is 2.60. The highest BCUT2D eigenvalue weighted by Crippen LogP contribution is 2.59. The van der Waals surface area contributed by atoms with E-state index in [1.165, 1.54) is 17.7 Å². The van der Waals surface area contributed by atoms with Crippen molar-refractivity contribution in [2.45, 2.75) is 33.7 Å². The lowest BCUT2D eigenvalue weighted by Gasteiger charge is -2.35. The molecule has 1 saturated carbocycles. The number of nitrogens with one attached hydrogen (secondary N) is 1. The van der Waals surface area contributed by atoms with Crippen LogP contribution in [0.1, 0.15) is 39.3 Å². The largest absolute Gasteiger partial charge is 0.379 e. The van der Waals surface area contributed by atoms with Gasteiger partial charge in [0, 0.05) is 19.6 Å². The van der Waals surface area contributed by atoms with Crippen molar-refractivity contribution in [3.63, 3.8) is 0 Å². The van der Waals surface area contributed by atoms with Gasteiger partial charge in [0.1, 0.15) is 5.82 Å². The van der Waals surface area contributed by atoms with E-state index in [-0.39, 0.29) is 29.1 Å². The van der Waals surface area contributed by atoms with Gasteiger partial charge in [0.25, 0.3) is 0 Å². The fourth-order valence-electron chi connectivity index (χ4n) is 4.19. The molecule has 0 aromatic heterocycles. The van der Waals surface area contributed by atoms with Crippen molar-refractivity contribution < 1.29 is 13.9 Å². The van der Waals surface area contributed by atoms with Gasteiger partial charge >= 0.3 is 0 Å². The fourth-order valence-corrected chi connectivity index (χ4v) is 4.19. The van der Waals surface area contributed by atoms with Crippen LogP contribution in [0.3, 0.4) is 0 Å². The Kier molecular flexibility index (Phi) is 6.02. The van der Waals surface area contributed by atoms with Crippen molar-refractivity contribution in [3.05, 3.63) is 47.3 Å². The van der Waals surface area contributed by atoms with Gasteiger partial charge in [-0.25, -0.2) is 4.39 Å². The molecule has 1 aromatic carbocycles. The van der Waals surface area contributed by atoms with Gasteiger partial charge in [0.05, 0.1) is 25.2 Å². The molecule has 0 bridgehead atoms. The lowest BCUT2D eigenvalue weighted by atomic mass is 10.0. The quantitative estimate of drug-likeness (QED) is 0.774. The van der Waals surface area contributed by atoms with Crippen LogP contribution in [-0.4, -0.2) is 43.7 Å². The zero-order valence-corrected chi connectivity index (χ0v) is 16.8. The van der Waals surface area contributed by atoms with Crippen LogP contribution >= 0.6 is 0 Å². The second-order valence-electron chi connectivity index (χ2n) is 8.53. The standard InChI is InChI=1S/C22H31FN2O2/c1-15(2)13-18-20(22(18,3)4)21(26)24-14-19(25-9-11-27-12-10-25)16-5-7-17(23)8-6-16/h5-8,13,18-20H,9-12,14H2,1-4H3,(H,24,26)/t18-,19-,20-/m1/s1. The second kappa shape index (κ2) is 8.11. The Labute approximate surface area is 161 Å². The van der Waals surface area contributed by atoms with Gasteiger partial charge in [-0.2, -0.15) is 0 Å². The van der Waals surface area contributed by atoms with E-state index < -0.39 is 0 Å². The first kappa shape index (κ1) is 20.0. The summed E-state index contributed by atoms with van der Waals surface area (Å²) >= 11 is 0. The first-order valence-electron chi connectivity index (χ1n) is 9.80. The summed E-state index contributed by atoms with van der Waals surface area (Å²) in [4.78, 5) is 15.2. The van der Waals surface area contributed by atoms with E-state index >= 15 is 0 Å². The average molecular weight is 375 g/mol. The molecular weight excluding hydrogens is 343 g/mol. The summed E-state index contributed by atoms with van der Waals surface area (Å²) < 4.78 is 18.8. The maximum atomic E-state index is 13.3. The van der Waals surface area contributed by atoms with E-state index in [0.29, 0.717) is 25.7 Å². The molecule has 0 unspecified atom stereocenters. The molecule has 27 heavy (non-hydrogen) atoms. The van der Waals surface area contributed by atoms with Crippen LogP contribution in [0, 0.1) is 23.1 Å². The van der Waals surface area contributed by atoms with Crippen LogP contribution < -0.4 is 5.32 Å². The number of hydrogen-bond donors (Lipinski definition) is 1. The van der Waals surface area contributed by atoms with Crippen LogP contribution in [0.5, 0.6) is 0 Å². The molecule has 1 aliphatic heterocycles. The monoisotopic (exact) mass is 374 g/mol. The molecule has 148 valence electrons. The summed E-state index contributed by atoms with van der Waals surface area (Å²) in [5.41, 5.74) is 2.28. The molecule has 4 nitrogen and oxygen atoms in total. The van der Waals surface area contributed by atoms with Gasteiger partial charge in [0.2, 0.25) is 5.91 Å². The molecule has 1 aliphatic carbocycles. The van der Waals surface area contributed by atoms with Gasteiger partial charge in [-0.15, -0.1) is 0 Å². The number of ether oxygens (including phenoxy) is 1. The third-order valence-corrected chi connectivity index (χ3v) is 5.92. The van der Waals surface area contributed by atoms with Crippen LogP contribution in [-0.2, 0) is 9.53 Å². The average Bonchev–Trinajstić information content (AvgIpc) is 3.16. The number of allylic oxidation sites excluding steroid dienone is 2. The number of benzene rings is 1. The molecule has 3 rings (SSSR count). The van der Waals surface area contributed by atoms with Crippen molar-refractivity contribution in [1.82, 2.24) is 10.2 Å². The molecular formula is C22H31FN2O2. The third kappa shape index (κ3) is 4.58. The maximum Gasteiger partial charge on any atom is 0.224 e. The number of carbonyl (C=O) groups excluding carboxylic acids is 1. The van der Waals surface area contributed by atoms with E-state index in [0.717, 1.165) is 18.7 Å². The van der Waals surface area contributed by atoms with E-state index in [2.05, 4.69) is 44.0 Å². The molecule has 0 radical (unpaired) electrons. The van der Waals surface area contributed by atoms with Crippen molar-refractivity contribution in [2.24, 2.45) is 17.3 Å². The number of amides is 1. The third-order valence-electron chi connectivity index (χ3n) is 5.92. The predicted molar refractivity (Wildman–Crippen MR) is 105 cm³/mol. The number of hydrogen-bond acceptors (Lipinski definition) is 3. The van der Waals surface area contributed by atoms with Gasteiger partial charge < -0.3 is 10.1 Å². The highest BCUT2D eigenvalue weighted by atomic mass is 19.1. The van der Waals surface area contributed by atoms with Crippen molar-refractivity contribution in [2.75, 3.05) is 32.8 Å². The van der Waals surface area contributed by atoms with E-state index in [9.17, 15) is 9.18 Å². The SMILES string of the molecule is CC(C)=C[C@@H]1[C@H](C(=O)NC[C@H](c2ccc(F)cc2)N2CCOCC2)C1(C)C. The Hall–Kier alpha value is -1.72. The Bertz CT molecular complexity index is 689. The molecule has 1 N–H and O–H groups in total. The predicted octanol–water partition coefficient (Wildman–Crippen LogP) is 3.55. The topological polar surface area (TPSA) is 41.6 Å². The molecule has 2 aliphatic rings. The summed E-state index contributed by atoms with van der Waals surface area (Å²) in [5.74, 6) is 0.191. The number of nitrogens with zero attached hydrogens (tertiary/aromatic N) is 1. The van der Waals surface area contributed by atoms with Crippen LogP contribution in [0.15, 0.2) is 35.9 Å². The number of morpholine rings is 1. The molecule has 3 atom stereocenters. The van der Waals surface area contributed by atoms with Crippen LogP contribution in [0.2, 0.25) is 0 Å². The van der Waals surface area contributed by atoms with Gasteiger partial charge in [0.15, 0.2) is 0 Å². The molecule has 1 saturated heterocycles. The number of rotatable bonds is 6. The lowest BCUT2D eigenvalue weighted by molar-refractivity contribution is -0.123. The Morgan fingerprint density at radius 2 is 1.93 bits per heavy atom. The van der Waals surface area contributed by atoms with Crippen molar-refractivity contribution in [1.29, 1.82) is 0 Å². The summed E-state index contributed by atoms with van der Waals surface area (Å²) in [5, 5.41) is 3.17. The smallest absolute Gasteiger partial charge is 0.224 e. The maximum absolute atomic E-state index is 13.3. The minimum atomic E-state index is -0.243. The first-order valence-corrected chi connectivity index (χ1v) is 9.80. The van der Waals surface area contributed by atoms with E-state index in [1.54, 1.807) is 0 Å². The zero-order chi connectivity index (χ0) is 19.6. The lowest BCUT2D eigenvalue weighted by Crippen LogP contribution is -2.44. The zero-order valence-electron chi connectivity index (χ0n) is 16.8. The Morgan fingerprint density at radius 3 is 2.52 bits per heavy atom.